The number of carbonyl (C=O) groups excluding carboxylic acids is 2. The van der Waals surface area contributed by atoms with E-state index in [1.807, 2.05) is 37.4 Å². The van der Waals surface area contributed by atoms with Gasteiger partial charge in [0.1, 0.15) is 5.82 Å². The van der Waals surface area contributed by atoms with Crippen LogP contribution in [-0.2, 0) is 6.54 Å². The van der Waals surface area contributed by atoms with Crippen LogP contribution in [0.3, 0.4) is 0 Å². The Labute approximate surface area is 171 Å². The fraction of sp³-hybridized carbons (Fsp3) is 0.391. The van der Waals surface area contributed by atoms with Gasteiger partial charge in [-0.15, -0.1) is 0 Å². The van der Waals surface area contributed by atoms with Crippen LogP contribution in [0.25, 0.3) is 0 Å². The van der Waals surface area contributed by atoms with Crippen molar-refractivity contribution in [2.75, 3.05) is 33.2 Å². The maximum Gasteiger partial charge on any atom is 0.317 e. The van der Waals surface area contributed by atoms with Crippen LogP contribution in [0.4, 0.5) is 9.18 Å². The number of rotatable bonds is 7. The van der Waals surface area contributed by atoms with Gasteiger partial charge in [0.15, 0.2) is 5.78 Å². The lowest BCUT2D eigenvalue weighted by Gasteiger charge is -2.33. The monoisotopic (exact) mass is 397 g/mol. The Morgan fingerprint density at radius 2 is 1.72 bits per heavy atom. The molecule has 154 valence electrons. The van der Waals surface area contributed by atoms with Gasteiger partial charge >= 0.3 is 6.03 Å². The highest BCUT2D eigenvalue weighted by molar-refractivity contribution is 5.97. The van der Waals surface area contributed by atoms with E-state index in [-0.39, 0.29) is 17.6 Å². The minimum Gasteiger partial charge on any atom is -0.334 e. The molecule has 1 fully saturated rings. The zero-order valence-corrected chi connectivity index (χ0v) is 16.8. The van der Waals surface area contributed by atoms with Crippen molar-refractivity contribution in [2.45, 2.75) is 19.4 Å². The number of likely N-dealkylation sites (tertiary alicyclic amines) is 1. The van der Waals surface area contributed by atoms with E-state index in [0.717, 1.165) is 31.5 Å². The maximum atomic E-state index is 13.0. The van der Waals surface area contributed by atoms with Gasteiger partial charge in [0.25, 0.3) is 0 Å². The topological polar surface area (TPSA) is 52.7 Å². The molecule has 1 aliphatic rings. The second kappa shape index (κ2) is 10.2. The first-order valence-electron chi connectivity index (χ1n) is 10.1. The first-order chi connectivity index (χ1) is 14.0. The molecule has 0 aliphatic carbocycles. The lowest BCUT2D eigenvalue weighted by atomic mass is 9.96. The largest absolute Gasteiger partial charge is 0.334 e. The molecule has 0 spiro atoms. The SMILES string of the molecule is CN(CC1CCN(CC(=O)c2ccc(F)cc2)CC1)C(=O)NCc1ccccc1. The number of hydrogen-bond donors (Lipinski definition) is 1. The summed E-state index contributed by atoms with van der Waals surface area (Å²) in [5, 5.41) is 2.95. The van der Waals surface area contributed by atoms with E-state index in [4.69, 9.17) is 0 Å². The molecule has 0 saturated carbocycles. The number of hydrogen-bond acceptors (Lipinski definition) is 3. The van der Waals surface area contributed by atoms with Gasteiger partial charge in [-0.25, -0.2) is 9.18 Å². The third kappa shape index (κ3) is 6.39. The fourth-order valence-electron chi connectivity index (χ4n) is 3.64. The number of nitrogens with one attached hydrogen (secondary N) is 1. The smallest absolute Gasteiger partial charge is 0.317 e. The van der Waals surface area contributed by atoms with E-state index in [1.165, 1.54) is 24.3 Å². The predicted molar refractivity (Wildman–Crippen MR) is 111 cm³/mol. The van der Waals surface area contributed by atoms with Crippen molar-refractivity contribution in [3.63, 3.8) is 0 Å². The van der Waals surface area contributed by atoms with Crippen molar-refractivity contribution in [3.05, 3.63) is 71.5 Å². The average Bonchev–Trinajstić information content (AvgIpc) is 2.74. The van der Waals surface area contributed by atoms with Crippen LogP contribution in [0.2, 0.25) is 0 Å². The molecule has 1 N–H and O–H groups in total. The third-order valence-electron chi connectivity index (χ3n) is 5.41. The molecule has 0 atom stereocenters. The van der Waals surface area contributed by atoms with Crippen LogP contribution in [0.5, 0.6) is 0 Å². The highest BCUT2D eigenvalue weighted by Crippen LogP contribution is 2.18. The summed E-state index contributed by atoms with van der Waals surface area (Å²) in [7, 11) is 1.82. The highest BCUT2D eigenvalue weighted by atomic mass is 19.1. The number of halogens is 1. The molecule has 5 nitrogen and oxygen atoms in total. The highest BCUT2D eigenvalue weighted by Gasteiger charge is 2.23. The number of urea groups is 1. The predicted octanol–water partition coefficient (Wildman–Crippen LogP) is 3.56. The van der Waals surface area contributed by atoms with E-state index in [9.17, 15) is 14.0 Å². The van der Waals surface area contributed by atoms with Crippen LogP contribution in [0, 0.1) is 11.7 Å². The normalized spacial score (nSPS) is 15.1. The summed E-state index contributed by atoms with van der Waals surface area (Å²) in [5.41, 5.74) is 1.62. The second-order valence-electron chi connectivity index (χ2n) is 7.67. The molecule has 2 amide bonds. The summed E-state index contributed by atoms with van der Waals surface area (Å²) in [4.78, 5) is 28.5. The first-order valence-corrected chi connectivity index (χ1v) is 10.1. The Morgan fingerprint density at radius 3 is 2.38 bits per heavy atom. The first kappa shape index (κ1) is 21.0. The Hall–Kier alpha value is -2.73. The van der Waals surface area contributed by atoms with Crippen molar-refractivity contribution in [2.24, 2.45) is 5.92 Å². The van der Waals surface area contributed by atoms with Crippen LogP contribution >= 0.6 is 0 Å². The number of nitrogens with zero attached hydrogens (tertiary/aromatic N) is 2. The summed E-state index contributed by atoms with van der Waals surface area (Å²) < 4.78 is 13.0. The van der Waals surface area contributed by atoms with E-state index in [1.54, 1.807) is 4.90 Å². The average molecular weight is 397 g/mol. The minimum atomic E-state index is -0.334. The van der Waals surface area contributed by atoms with Gasteiger partial charge in [-0.1, -0.05) is 30.3 Å². The number of piperidine rings is 1. The zero-order valence-electron chi connectivity index (χ0n) is 16.8. The Bertz CT molecular complexity index is 803. The molecule has 29 heavy (non-hydrogen) atoms. The Kier molecular flexibility index (Phi) is 7.36. The van der Waals surface area contributed by atoms with E-state index in [0.29, 0.717) is 31.1 Å². The van der Waals surface area contributed by atoms with Gasteiger partial charge in [-0.2, -0.15) is 0 Å². The molecular formula is C23H28FN3O2. The summed E-state index contributed by atoms with van der Waals surface area (Å²) in [5.74, 6) is 0.111. The summed E-state index contributed by atoms with van der Waals surface area (Å²) in [6, 6.07) is 15.5. The van der Waals surface area contributed by atoms with Crippen molar-refractivity contribution in [1.82, 2.24) is 15.1 Å². The molecule has 0 radical (unpaired) electrons. The van der Waals surface area contributed by atoms with Gasteiger partial charge in [0.05, 0.1) is 6.54 Å². The van der Waals surface area contributed by atoms with Crippen LogP contribution in [0.1, 0.15) is 28.8 Å². The molecule has 3 rings (SSSR count). The lowest BCUT2D eigenvalue weighted by molar-refractivity contribution is 0.0886. The number of amides is 2. The molecule has 6 heteroatoms. The minimum absolute atomic E-state index is 0.0147. The molecule has 1 heterocycles. The van der Waals surface area contributed by atoms with Crippen LogP contribution in [0.15, 0.2) is 54.6 Å². The molecule has 0 aromatic heterocycles. The molecular weight excluding hydrogens is 369 g/mol. The standard InChI is InChI=1S/C23H28FN3O2/c1-26(23(29)25-15-18-5-3-2-4-6-18)16-19-11-13-27(14-12-19)17-22(28)20-7-9-21(24)10-8-20/h2-10,19H,11-17H2,1H3,(H,25,29). The van der Waals surface area contributed by atoms with Gasteiger partial charge < -0.3 is 10.2 Å². The summed E-state index contributed by atoms with van der Waals surface area (Å²) in [6.07, 6.45) is 1.90. The number of Topliss-reactive ketones (excluding diaryl/α,β-unsaturated/α-hetero) is 1. The van der Waals surface area contributed by atoms with Gasteiger partial charge in [-0.3, -0.25) is 9.69 Å². The van der Waals surface area contributed by atoms with Crippen LogP contribution < -0.4 is 5.32 Å². The molecule has 1 saturated heterocycles. The zero-order chi connectivity index (χ0) is 20.6. The van der Waals surface area contributed by atoms with Gasteiger partial charge in [-0.05, 0) is 61.7 Å². The van der Waals surface area contributed by atoms with E-state index < -0.39 is 0 Å². The summed E-state index contributed by atoms with van der Waals surface area (Å²) >= 11 is 0. The molecule has 0 unspecified atom stereocenters. The van der Waals surface area contributed by atoms with Crippen LogP contribution in [-0.4, -0.2) is 54.8 Å². The fourth-order valence-corrected chi connectivity index (χ4v) is 3.64. The van der Waals surface area contributed by atoms with Crippen molar-refractivity contribution < 1.29 is 14.0 Å². The van der Waals surface area contributed by atoms with Crippen molar-refractivity contribution >= 4 is 11.8 Å². The van der Waals surface area contributed by atoms with Gasteiger partial charge in [0, 0.05) is 25.7 Å². The summed E-state index contributed by atoms with van der Waals surface area (Å²) in [6.45, 7) is 3.24. The number of ketones is 1. The molecule has 0 bridgehead atoms. The van der Waals surface area contributed by atoms with Crippen molar-refractivity contribution in [1.29, 1.82) is 0 Å². The Balaban J connectivity index is 1.38. The quantitative estimate of drug-likeness (QED) is 0.727. The van der Waals surface area contributed by atoms with E-state index in [2.05, 4.69) is 10.2 Å². The third-order valence-corrected chi connectivity index (χ3v) is 5.41. The number of carbonyl (C=O) groups is 2. The number of benzene rings is 2. The molecule has 1 aliphatic heterocycles. The molecule has 2 aromatic rings. The van der Waals surface area contributed by atoms with Gasteiger partial charge in [0.2, 0.25) is 0 Å². The Morgan fingerprint density at radius 1 is 1.07 bits per heavy atom. The molecule has 2 aromatic carbocycles. The maximum absolute atomic E-state index is 13.0. The van der Waals surface area contributed by atoms with E-state index >= 15 is 0 Å². The second-order valence-corrected chi connectivity index (χ2v) is 7.67. The lowest BCUT2D eigenvalue weighted by Crippen LogP contribution is -2.43. The van der Waals surface area contributed by atoms with Crippen molar-refractivity contribution in [3.8, 4) is 0 Å².